The van der Waals surface area contributed by atoms with Crippen LogP contribution in [0.2, 0.25) is 0 Å². The lowest BCUT2D eigenvalue weighted by Crippen LogP contribution is -2.24. The van der Waals surface area contributed by atoms with Gasteiger partial charge < -0.3 is 0 Å². The molecule has 4 aliphatic carbocycles. The molecule has 1 fully saturated rings. The Morgan fingerprint density at radius 1 is 1.20 bits per heavy atom. The van der Waals surface area contributed by atoms with E-state index in [0.717, 1.165) is 18.6 Å². The molecule has 1 N–H and O–H groups in total. The second-order valence-corrected chi connectivity index (χ2v) is 8.27. The van der Waals surface area contributed by atoms with Gasteiger partial charge in [-0.05, 0) is 55.7 Å². The van der Waals surface area contributed by atoms with Gasteiger partial charge in [-0.2, -0.15) is 0 Å². The molecule has 130 valence electrons. The topological polar surface area (TPSA) is 23.9 Å². The molecular formula is C24H29N. The molecule has 25 heavy (non-hydrogen) atoms. The minimum Gasteiger partial charge on any atom is -0.300 e. The predicted molar refractivity (Wildman–Crippen MR) is 107 cm³/mol. The summed E-state index contributed by atoms with van der Waals surface area (Å²) in [6.45, 7) is 9.10. The van der Waals surface area contributed by atoms with Crippen molar-refractivity contribution in [2.45, 2.75) is 47.0 Å². The maximum absolute atomic E-state index is 9.07. The first-order valence-corrected chi connectivity index (χ1v) is 9.71. The van der Waals surface area contributed by atoms with Crippen LogP contribution in [-0.4, -0.2) is 5.71 Å². The normalized spacial score (nSPS) is 40.1. The summed E-state index contributed by atoms with van der Waals surface area (Å²) in [7, 11) is 0. The van der Waals surface area contributed by atoms with Crippen molar-refractivity contribution in [3.05, 3.63) is 70.4 Å². The van der Waals surface area contributed by atoms with Gasteiger partial charge in [0.05, 0.1) is 5.71 Å². The Labute approximate surface area is 152 Å². The van der Waals surface area contributed by atoms with Crippen molar-refractivity contribution in [3.63, 3.8) is 0 Å². The number of hydrogen-bond acceptors (Lipinski definition) is 1. The molecule has 0 aromatic rings. The first-order valence-electron chi connectivity index (χ1n) is 9.71. The van der Waals surface area contributed by atoms with Crippen LogP contribution < -0.4 is 0 Å². The molecule has 0 spiro atoms. The van der Waals surface area contributed by atoms with Gasteiger partial charge in [0.2, 0.25) is 0 Å². The number of allylic oxidation sites excluding steroid dienone is 12. The minimum absolute atomic E-state index is 0.149. The molecule has 4 aliphatic rings. The van der Waals surface area contributed by atoms with E-state index < -0.39 is 0 Å². The molecule has 0 saturated heterocycles. The number of fused-ring (bicyclic) bond motifs is 4. The first kappa shape index (κ1) is 16.6. The van der Waals surface area contributed by atoms with Crippen molar-refractivity contribution in [2.24, 2.45) is 23.2 Å². The highest BCUT2D eigenvalue weighted by Gasteiger charge is 2.55. The molecule has 0 heterocycles. The Morgan fingerprint density at radius 3 is 2.76 bits per heavy atom. The first-order chi connectivity index (χ1) is 12.0. The average molecular weight is 332 g/mol. The third-order valence-electron chi connectivity index (χ3n) is 6.77. The van der Waals surface area contributed by atoms with E-state index in [-0.39, 0.29) is 5.41 Å². The van der Waals surface area contributed by atoms with Crippen LogP contribution in [0.1, 0.15) is 47.0 Å². The van der Waals surface area contributed by atoms with E-state index in [2.05, 4.69) is 70.2 Å². The third kappa shape index (κ3) is 2.39. The fourth-order valence-electron chi connectivity index (χ4n) is 5.20. The zero-order chi connectivity index (χ0) is 17.8. The predicted octanol–water partition coefficient (Wildman–Crippen LogP) is 6.33. The van der Waals surface area contributed by atoms with Crippen molar-refractivity contribution < 1.29 is 0 Å². The van der Waals surface area contributed by atoms with Gasteiger partial charge in [-0.25, -0.2) is 0 Å². The van der Waals surface area contributed by atoms with Gasteiger partial charge in [-0.1, -0.05) is 67.5 Å². The van der Waals surface area contributed by atoms with Gasteiger partial charge in [-0.3, -0.25) is 5.41 Å². The Kier molecular flexibility index (Phi) is 3.86. The average Bonchev–Trinajstić information content (AvgIpc) is 3.34. The van der Waals surface area contributed by atoms with E-state index in [1.807, 2.05) is 0 Å². The minimum atomic E-state index is 0.149. The van der Waals surface area contributed by atoms with E-state index in [9.17, 15) is 0 Å². The van der Waals surface area contributed by atoms with Crippen molar-refractivity contribution in [1.82, 2.24) is 0 Å². The fourth-order valence-corrected chi connectivity index (χ4v) is 5.20. The second-order valence-electron chi connectivity index (χ2n) is 8.27. The van der Waals surface area contributed by atoms with Gasteiger partial charge in [0.25, 0.3) is 0 Å². The van der Waals surface area contributed by atoms with Gasteiger partial charge in [0.15, 0.2) is 0 Å². The highest BCUT2D eigenvalue weighted by molar-refractivity contribution is 6.14. The van der Waals surface area contributed by atoms with Crippen LogP contribution in [0, 0.1) is 28.6 Å². The summed E-state index contributed by atoms with van der Waals surface area (Å²) in [6, 6.07) is 0. The lowest BCUT2D eigenvalue weighted by Gasteiger charge is -2.30. The molecule has 4 rings (SSSR count). The highest BCUT2D eigenvalue weighted by Crippen LogP contribution is 2.65. The van der Waals surface area contributed by atoms with E-state index in [0.29, 0.717) is 17.8 Å². The molecule has 0 radical (unpaired) electrons. The highest BCUT2D eigenvalue weighted by atomic mass is 14.6. The zero-order valence-corrected chi connectivity index (χ0v) is 15.9. The Morgan fingerprint density at radius 2 is 2.00 bits per heavy atom. The van der Waals surface area contributed by atoms with Crippen LogP contribution in [0.25, 0.3) is 0 Å². The lowest BCUT2D eigenvalue weighted by molar-refractivity contribution is 0.464. The molecule has 4 unspecified atom stereocenters. The standard InChI is InChI=1S/C24H29N/c1-5-12-24-14-22(24)17(4)16(3)20-13-15(2)10-11-18(20)23(25)19-8-6-7-9-21(19)24/h5-8,11-13,15-16,21,25H,9-10,14H2,1-4H3/b12-5?,22-17-,25-23?. The maximum atomic E-state index is 9.07. The largest absolute Gasteiger partial charge is 0.300 e. The van der Waals surface area contributed by atoms with Crippen LogP contribution in [0.15, 0.2) is 70.4 Å². The van der Waals surface area contributed by atoms with Gasteiger partial charge in [-0.15, -0.1) is 0 Å². The Hall–Kier alpha value is -1.89. The van der Waals surface area contributed by atoms with Crippen LogP contribution >= 0.6 is 0 Å². The van der Waals surface area contributed by atoms with Crippen LogP contribution in [-0.2, 0) is 0 Å². The van der Waals surface area contributed by atoms with Crippen molar-refractivity contribution in [3.8, 4) is 0 Å². The summed E-state index contributed by atoms with van der Waals surface area (Å²) in [5, 5.41) is 9.07. The van der Waals surface area contributed by atoms with Crippen molar-refractivity contribution >= 4 is 5.71 Å². The molecule has 1 nitrogen and oxygen atoms in total. The third-order valence-corrected chi connectivity index (χ3v) is 6.77. The summed E-state index contributed by atoms with van der Waals surface area (Å²) >= 11 is 0. The van der Waals surface area contributed by atoms with Crippen molar-refractivity contribution in [1.29, 1.82) is 5.41 Å². The zero-order valence-electron chi connectivity index (χ0n) is 15.9. The summed E-state index contributed by atoms with van der Waals surface area (Å²) in [4.78, 5) is 0. The van der Waals surface area contributed by atoms with Gasteiger partial charge >= 0.3 is 0 Å². The van der Waals surface area contributed by atoms with Crippen LogP contribution in [0.5, 0.6) is 0 Å². The van der Waals surface area contributed by atoms with E-state index in [1.54, 1.807) is 5.57 Å². The quantitative estimate of drug-likeness (QED) is 0.543. The second kappa shape index (κ2) is 5.83. The summed E-state index contributed by atoms with van der Waals surface area (Å²) < 4.78 is 0. The molecule has 4 atom stereocenters. The fraction of sp³-hybridized carbons (Fsp3) is 0.458. The molecule has 0 aromatic carbocycles. The molecule has 0 aliphatic heterocycles. The summed E-state index contributed by atoms with van der Waals surface area (Å²) in [6.07, 6.45) is 19.3. The van der Waals surface area contributed by atoms with Gasteiger partial charge in [0, 0.05) is 17.3 Å². The molecule has 0 bridgehead atoms. The Balaban J connectivity index is 1.94. The summed E-state index contributed by atoms with van der Waals surface area (Å²) in [5.41, 5.74) is 7.88. The van der Waals surface area contributed by atoms with E-state index in [4.69, 9.17) is 5.41 Å². The number of nitrogens with one attached hydrogen (secondary N) is 1. The monoisotopic (exact) mass is 331 g/mol. The molecule has 0 aromatic heterocycles. The van der Waals surface area contributed by atoms with Crippen LogP contribution in [0.3, 0.4) is 0 Å². The molecule has 0 amide bonds. The van der Waals surface area contributed by atoms with E-state index >= 15 is 0 Å². The summed E-state index contributed by atoms with van der Waals surface area (Å²) in [5.74, 6) is 1.39. The smallest absolute Gasteiger partial charge is 0.0647 e. The number of hydrogen-bond donors (Lipinski definition) is 1. The lowest BCUT2D eigenvalue weighted by atomic mass is 9.73. The Bertz CT molecular complexity index is 811. The van der Waals surface area contributed by atoms with Crippen molar-refractivity contribution in [2.75, 3.05) is 0 Å². The molecule has 1 heteroatoms. The van der Waals surface area contributed by atoms with E-state index in [1.165, 1.54) is 28.7 Å². The maximum Gasteiger partial charge on any atom is 0.0647 e. The number of rotatable bonds is 1. The van der Waals surface area contributed by atoms with Crippen LogP contribution in [0.4, 0.5) is 0 Å². The van der Waals surface area contributed by atoms with Gasteiger partial charge in [0.1, 0.15) is 0 Å². The molecular weight excluding hydrogens is 302 g/mol. The SMILES string of the molecule is CC=CC12C/C1=C(\C)C(C)C1=CC(C)CC=C1C(=N)C1=CC=CCC12. The molecule has 1 saturated carbocycles.